The summed E-state index contributed by atoms with van der Waals surface area (Å²) in [6.07, 6.45) is 5.99. The Hall–Kier alpha value is -1.09. The van der Waals surface area contributed by atoms with E-state index in [9.17, 15) is 4.39 Å². The molecule has 2 aliphatic rings. The molecule has 1 aromatic carbocycles. The van der Waals surface area contributed by atoms with E-state index in [1.807, 2.05) is 0 Å². The molecule has 2 atom stereocenters. The lowest BCUT2D eigenvalue weighted by atomic mass is 9.77. The van der Waals surface area contributed by atoms with E-state index >= 15 is 0 Å². The van der Waals surface area contributed by atoms with Gasteiger partial charge in [0.2, 0.25) is 0 Å². The van der Waals surface area contributed by atoms with E-state index in [-0.39, 0.29) is 18.0 Å². The first-order valence-corrected chi connectivity index (χ1v) is 7.35. The molecule has 1 aliphatic heterocycles. The summed E-state index contributed by atoms with van der Waals surface area (Å²) < 4.78 is 19.4. The van der Waals surface area contributed by atoms with Gasteiger partial charge in [0, 0.05) is 24.1 Å². The van der Waals surface area contributed by atoms with Crippen LogP contribution in [0.4, 0.5) is 4.39 Å². The third-order valence-electron chi connectivity index (χ3n) is 4.73. The summed E-state index contributed by atoms with van der Waals surface area (Å²) in [5, 5.41) is 0. The van der Waals surface area contributed by atoms with Crippen LogP contribution in [0, 0.1) is 17.7 Å². The Morgan fingerprint density at radius 1 is 1.21 bits per heavy atom. The largest absolute Gasteiger partial charge is 0.490 e. The third-order valence-corrected chi connectivity index (χ3v) is 4.73. The van der Waals surface area contributed by atoms with Gasteiger partial charge in [0.15, 0.2) is 0 Å². The van der Waals surface area contributed by atoms with Crippen molar-refractivity contribution >= 4 is 0 Å². The Morgan fingerprint density at radius 3 is 2.68 bits per heavy atom. The molecule has 0 aromatic heterocycles. The number of hydrogen-bond donors (Lipinski definition) is 1. The number of rotatable bonds is 1. The van der Waals surface area contributed by atoms with Gasteiger partial charge in [-0.2, -0.15) is 0 Å². The van der Waals surface area contributed by atoms with Crippen molar-refractivity contribution in [1.29, 1.82) is 0 Å². The zero-order valence-electron chi connectivity index (χ0n) is 11.4. The molecule has 0 amide bonds. The fourth-order valence-corrected chi connectivity index (χ4v) is 3.45. The van der Waals surface area contributed by atoms with Crippen LogP contribution in [0.5, 0.6) is 5.75 Å². The molecule has 0 radical (unpaired) electrons. The number of nitrogens with two attached hydrogens (primary N) is 1. The van der Waals surface area contributed by atoms with Gasteiger partial charge in [-0.05, 0) is 30.7 Å². The predicted molar refractivity (Wildman–Crippen MR) is 73.5 cm³/mol. The lowest BCUT2D eigenvalue weighted by Crippen LogP contribution is -2.37. The van der Waals surface area contributed by atoms with Gasteiger partial charge < -0.3 is 10.5 Å². The van der Waals surface area contributed by atoms with Crippen molar-refractivity contribution in [3.8, 4) is 5.75 Å². The summed E-state index contributed by atoms with van der Waals surface area (Å²) in [5.41, 5.74) is 7.16. The molecule has 2 nitrogen and oxygen atoms in total. The zero-order valence-corrected chi connectivity index (χ0v) is 11.4. The number of halogens is 1. The van der Waals surface area contributed by atoms with Crippen molar-refractivity contribution in [3.63, 3.8) is 0 Å². The van der Waals surface area contributed by atoms with Gasteiger partial charge in [0.1, 0.15) is 17.7 Å². The minimum absolute atomic E-state index is 0.0197. The highest BCUT2D eigenvalue weighted by Gasteiger charge is 2.33. The Morgan fingerprint density at radius 2 is 1.95 bits per heavy atom. The summed E-state index contributed by atoms with van der Waals surface area (Å²) in [7, 11) is 0. The van der Waals surface area contributed by atoms with Crippen molar-refractivity contribution in [3.05, 3.63) is 29.6 Å². The second-order valence-electron chi connectivity index (χ2n) is 6.20. The van der Waals surface area contributed by atoms with Crippen LogP contribution >= 0.6 is 0 Å². The summed E-state index contributed by atoms with van der Waals surface area (Å²) in [4.78, 5) is 0. The highest BCUT2D eigenvalue weighted by Crippen LogP contribution is 2.40. The monoisotopic (exact) mass is 263 g/mol. The van der Waals surface area contributed by atoms with E-state index in [1.54, 1.807) is 6.07 Å². The second-order valence-corrected chi connectivity index (χ2v) is 6.20. The van der Waals surface area contributed by atoms with Crippen LogP contribution in [0.3, 0.4) is 0 Å². The number of benzene rings is 1. The van der Waals surface area contributed by atoms with Crippen LogP contribution in [0.1, 0.15) is 50.6 Å². The average Bonchev–Trinajstić information content (AvgIpc) is 2.38. The Kier molecular flexibility index (Phi) is 3.48. The quantitative estimate of drug-likeness (QED) is 0.836. The number of ether oxygens (including phenoxy) is 1. The van der Waals surface area contributed by atoms with Crippen molar-refractivity contribution in [2.75, 3.05) is 0 Å². The lowest BCUT2D eigenvalue weighted by molar-refractivity contribution is 0.0699. The van der Waals surface area contributed by atoms with E-state index in [0.29, 0.717) is 11.7 Å². The molecular formula is C16H22FNO. The van der Waals surface area contributed by atoms with E-state index in [1.165, 1.54) is 37.8 Å². The van der Waals surface area contributed by atoms with Crippen LogP contribution in [-0.4, -0.2) is 6.10 Å². The first-order chi connectivity index (χ1) is 9.13. The van der Waals surface area contributed by atoms with Gasteiger partial charge in [-0.25, -0.2) is 4.39 Å². The smallest absolute Gasteiger partial charge is 0.127 e. The lowest BCUT2D eigenvalue weighted by Gasteiger charge is -2.38. The maximum atomic E-state index is 13.3. The molecule has 3 heteroatoms. The van der Waals surface area contributed by atoms with Gasteiger partial charge >= 0.3 is 0 Å². The van der Waals surface area contributed by atoms with E-state index < -0.39 is 0 Å². The first kappa shape index (κ1) is 12.9. The molecule has 0 saturated heterocycles. The molecule has 0 bridgehead atoms. The summed E-state index contributed by atoms with van der Waals surface area (Å²) >= 11 is 0. The van der Waals surface area contributed by atoms with Crippen LogP contribution in [0.25, 0.3) is 0 Å². The Balaban J connectivity index is 1.76. The van der Waals surface area contributed by atoms with Crippen molar-refractivity contribution in [2.24, 2.45) is 17.6 Å². The number of hydrogen-bond acceptors (Lipinski definition) is 2. The van der Waals surface area contributed by atoms with Crippen molar-refractivity contribution in [1.82, 2.24) is 0 Å². The SMILES string of the molecule is CC1CCC(C2CC(N)c3ccc(F)cc3O2)CC1. The second kappa shape index (κ2) is 5.12. The molecule has 2 N–H and O–H groups in total. The molecule has 1 aromatic rings. The van der Waals surface area contributed by atoms with Gasteiger partial charge in [0.05, 0.1) is 0 Å². The minimum atomic E-state index is -0.246. The molecule has 19 heavy (non-hydrogen) atoms. The predicted octanol–water partition coefficient (Wildman–Crippen LogP) is 3.80. The zero-order chi connectivity index (χ0) is 13.4. The van der Waals surface area contributed by atoms with E-state index in [4.69, 9.17) is 10.5 Å². The van der Waals surface area contributed by atoms with Crippen LogP contribution in [0.2, 0.25) is 0 Å². The molecule has 3 rings (SSSR count). The maximum absolute atomic E-state index is 13.3. The summed E-state index contributed by atoms with van der Waals surface area (Å²) in [6, 6.07) is 4.68. The average molecular weight is 263 g/mol. The van der Waals surface area contributed by atoms with Gasteiger partial charge in [-0.1, -0.05) is 25.8 Å². The van der Waals surface area contributed by atoms with Gasteiger partial charge in [-0.3, -0.25) is 0 Å². The molecule has 1 aliphatic carbocycles. The van der Waals surface area contributed by atoms with Crippen LogP contribution in [-0.2, 0) is 0 Å². The standard InChI is InChI=1S/C16H22FNO/c1-10-2-4-11(5-3-10)15-9-14(18)13-7-6-12(17)8-16(13)19-15/h6-8,10-11,14-15H,2-5,9,18H2,1H3. The number of fused-ring (bicyclic) bond motifs is 1. The normalized spacial score (nSPS) is 34.5. The topological polar surface area (TPSA) is 35.2 Å². The van der Waals surface area contributed by atoms with Crippen LogP contribution < -0.4 is 10.5 Å². The van der Waals surface area contributed by atoms with Gasteiger partial charge in [0.25, 0.3) is 0 Å². The molecule has 104 valence electrons. The third kappa shape index (κ3) is 2.62. The first-order valence-electron chi connectivity index (χ1n) is 7.35. The fourth-order valence-electron chi connectivity index (χ4n) is 3.45. The van der Waals surface area contributed by atoms with Gasteiger partial charge in [-0.15, -0.1) is 0 Å². The fraction of sp³-hybridized carbons (Fsp3) is 0.625. The summed E-state index contributed by atoms with van der Waals surface area (Å²) in [6.45, 7) is 2.31. The van der Waals surface area contributed by atoms with Crippen LogP contribution in [0.15, 0.2) is 18.2 Å². The van der Waals surface area contributed by atoms with E-state index in [2.05, 4.69) is 6.92 Å². The summed E-state index contributed by atoms with van der Waals surface area (Å²) in [5.74, 6) is 1.82. The molecular weight excluding hydrogens is 241 g/mol. The molecule has 2 unspecified atom stereocenters. The highest BCUT2D eigenvalue weighted by molar-refractivity contribution is 5.38. The van der Waals surface area contributed by atoms with Crippen molar-refractivity contribution < 1.29 is 9.13 Å². The molecule has 0 spiro atoms. The Labute approximate surface area is 114 Å². The highest BCUT2D eigenvalue weighted by atomic mass is 19.1. The van der Waals surface area contributed by atoms with E-state index in [0.717, 1.165) is 17.9 Å². The maximum Gasteiger partial charge on any atom is 0.127 e. The molecule has 1 fully saturated rings. The molecule has 1 saturated carbocycles. The molecule has 1 heterocycles. The van der Waals surface area contributed by atoms with Crippen molar-refractivity contribution in [2.45, 2.75) is 51.2 Å². The Bertz CT molecular complexity index is 454. The minimum Gasteiger partial charge on any atom is -0.490 e.